The summed E-state index contributed by atoms with van der Waals surface area (Å²) in [6, 6.07) is 20.8. The Labute approximate surface area is 214 Å². The van der Waals surface area contributed by atoms with Crippen LogP contribution in [-0.4, -0.2) is 42.0 Å². The fourth-order valence-electron chi connectivity index (χ4n) is 4.50. The van der Waals surface area contributed by atoms with Gasteiger partial charge in [0.05, 0.1) is 25.0 Å². The molecule has 0 aliphatic carbocycles. The van der Waals surface area contributed by atoms with E-state index in [1.165, 1.54) is 0 Å². The van der Waals surface area contributed by atoms with Crippen LogP contribution in [0.5, 0.6) is 5.75 Å². The van der Waals surface area contributed by atoms with Crippen LogP contribution < -0.4 is 4.74 Å². The van der Waals surface area contributed by atoms with Crippen molar-refractivity contribution in [2.75, 3.05) is 20.3 Å². The molecule has 6 nitrogen and oxygen atoms in total. The summed E-state index contributed by atoms with van der Waals surface area (Å²) in [5.41, 5.74) is 5.51. The van der Waals surface area contributed by atoms with E-state index in [-0.39, 0.29) is 12.5 Å². The topological polar surface area (TPSA) is 71.6 Å². The van der Waals surface area contributed by atoms with Crippen molar-refractivity contribution in [1.29, 1.82) is 0 Å². The molecule has 5 rings (SSSR count). The van der Waals surface area contributed by atoms with Gasteiger partial charge in [0.25, 0.3) is 5.91 Å². The second kappa shape index (κ2) is 9.91. The van der Waals surface area contributed by atoms with E-state index in [1.807, 2.05) is 36.4 Å². The summed E-state index contributed by atoms with van der Waals surface area (Å²) in [6.45, 7) is 2.41. The van der Waals surface area contributed by atoms with Crippen LogP contribution in [0.2, 0.25) is 5.02 Å². The number of esters is 1. The fraction of sp³-hybridized carbons (Fsp3) is 0.172. The van der Waals surface area contributed by atoms with Gasteiger partial charge >= 0.3 is 5.97 Å². The predicted molar refractivity (Wildman–Crippen MR) is 141 cm³/mol. The van der Waals surface area contributed by atoms with Crippen molar-refractivity contribution in [2.24, 2.45) is 0 Å². The highest BCUT2D eigenvalue weighted by Gasteiger charge is 2.28. The average molecular weight is 501 g/mol. The Kier molecular flexibility index (Phi) is 6.53. The van der Waals surface area contributed by atoms with Crippen LogP contribution in [0.1, 0.15) is 28.5 Å². The predicted octanol–water partition coefficient (Wildman–Crippen LogP) is 6.10. The maximum Gasteiger partial charge on any atom is 0.341 e. The fourth-order valence-corrected chi connectivity index (χ4v) is 4.63. The third-order valence-corrected chi connectivity index (χ3v) is 6.59. The van der Waals surface area contributed by atoms with E-state index in [1.54, 1.807) is 49.4 Å². The molecule has 0 spiro atoms. The molecular weight excluding hydrogens is 476 g/mol. The molecule has 0 saturated heterocycles. The van der Waals surface area contributed by atoms with Crippen LogP contribution >= 0.6 is 11.6 Å². The van der Waals surface area contributed by atoms with Crippen molar-refractivity contribution in [3.05, 3.63) is 94.8 Å². The number of methoxy groups -OCH3 is 1. The minimum atomic E-state index is -0.475. The van der Waals surface area contributed by atoms with Gasteiger partial charge in [-0.05, 0) is 78.6 Å². The van der Waals surface area contributed by atoms with Crippen molar-refractivity contribution in [2.45, 2.75) is 13.3 Å². The standard InChI is InChI=1S/C29H25ClN2O4/c1-3-36-29(34)25-17-32(28(33)19-4-9-21(30)10-5-19)15-14-23-24-16-20(8-13-26(24)31-27(23)25)18-6-11-22(35-2)12-7-18/h4-13,16-17,31H,3,14-15H2,1-2H3. The second-order valence-corrected chi connectivity index (χ2v) is 8.92. The highest BCUT2D eigenvalue weighted by Crippen LogP contribution is 2.34. The van der Waals surface area contributed by atoms with Gasteiger partial charge in [-0.25, -0.2) is 4.79 Å². The lowest BCUT2D eigenvalue weighted by Crippen LogP contribution is -2.28. The molecular formula is C29H25ClN2O4. The third kappa shape index (κ3) is 4.48. The van der Waals surface area contributed by atoms with Crippen LogP contribution in [0.4, 0.5) is 0 Å². The number of H-pyrrole nitrogens is 1. The Bertz CT molecular complexity index is 1470. The number of hydrogen-bond donors (Lipinski definition) is 1. The number of nitrogens with zero attached hydrogens (tertiary/aromatic N) is 1. The average Bonchev–Trinajstić information content (AvgIpc) is 3.15. The Morgan fingerprint density at radius 3 is 2.42 bits per heavy atom. The summed E-state index contributed by atoms with van der Waals surface area (Å²) in [4.78, 5) is 31.3. The maximum atomic E-state index is 13.3. The molecule has 1 N–H and O–H groups in total. The number of halogens is 1. The normalized spacial score (nSPS) is 13.1. The highest BCUT2D eigenvalue weighted by molar-refractivity contribution is 6.30. The third-order valence-electron chi connectivity index (χ3n) is 6.33. The number of fused-ring (bicyclic) bond motifs is 3. The first kappa shape index (κ1) is 23.7. The molecule has 1 amide bonds. The number of hydrogen-bond acceptors (Lipinski definition) is 4. The molecule has 0 fully saturated rings. The smallest absolute Gasteiger partial charge is 0.341 e. The molecule has 3 aromatic carbocycles. The van der Waals surface area contributed by atoms with Crippen molar-refractivity contribution in [3.63, 3.8) is 0 Å². The van der Waals surface area contributed by atoms with Gasteiger partial charge in [0.15, 0.2) is 0 Å². The van der Waals surface area contributed by atoms with E-state index in [4.69, 9.17) is 21.1 Å². The van der Waals surface area contributed by atoms with Crippen LogP contribution in [0.15, 0.2) is 72.9 Å². The largest absolute Gasteiger partial charge is 0.497 e. The van der Waals surface area contributed by atoms with Crippen molar-refractivity contribution >= 4 is 40.0 Å². The molecule has 1 aliphatic rings. The lowest BCUT2D eigenvalue weighted by Gasteiger charge is -2.18. The van der Waals surface area contributed by atoms with Gasteiger partial charge in [-0.1, -0.05) is 29.8 Å². The van der Waals surface area contributed by atoms with Gasteiger partial charge in [0, 0.05) is 34.2 Å². The van der Waals surface area contributed by atoms with Gasteiger partial charge in [0.2, 0.25) is 0 Å². The minimum Gasteiger partial charge on any atom is -0.497 e. The van der Waals surface area contributed by atoms with E-state index in [2.05, 4.69) is 11.1 Å². The lowest BCUT2D eigenvalue weighted by atomic mass is 9.99. The first-order valence-corrected chi connectivity index (χ1v) is 12.1. The number of benzene rings is 3. The molecule has 0 radical (unpaired) electrons. The van der Waals surface area contributed by atoms with Crippen molar-refractivity contribution < 1.29 is 19.1 Å². The van der Waals surface area contributed by atoms with Gasteiger partial charge < -0.3 is 19.4 Å². The first-order chi connectivity index (χ1) is 17.5. The van der Waals surface area contributed by atoms with Crippen molar-refractivity contribution in [1.82, 2.24) is 9.88 Å². The van der Waals surface area contributed by atoms with Crippen LogP contribution in [0.25, 0.3) is 27.6 Å². The van der Waals surface area contributed by atoms with Crippen LogP contribution in [0.3, 0.4) is 0 Å². The molecule has 7 heteroatoms. The van der Waals surface area contributed by atoms with Gasteiger partial charge in [0.1, 0.15) is 5.75 Å². The molecule has 0 atom stereocenters. The molecule has 4 aromatic rings. The molecule has 0 unspecified atom stereocenters. The quantitative estimate of drug-likeness (QED) is 0.336. The number of carbonyl (C=O) groups excluding carboxylic acids is 2. The Hall–Kier alpha value is -4.03. The summed E-state index contributed by atoms with van der Waals surface area (Å²) in [5.74, 6) is 0.114. The molecule has 0 bridgehead atoms. The van der Waals surface area contributed by atoms with Crippen LogP contribution in [0, 0.1) is 0 Å². The molecule has 1 aromatic heterocycles. The van der Waals surface area contributed by atoms with E-state index >= 15 is 0 Å². The summed E-state index contributed by atoms with van der Waals surface area (Å²) in [7, 11) is 1.64. The number of nitrogens with one attached hydrogen (secondary N) is 1. The Morgan fingerprint density at radius 1 is 1.00 bits per heavy atom. The maximum absolute atomic E-state index is 13.3. The SMILES string of the molecule is CCOC(=O)C1=CN(C(=O)c2ccc(Cl)cc2)CCc2c1[nH]c1ccc(-c3ccc(OC)cc3)cc21. The van der Waals surface area contributed by atoms with Crippen molar-refractivity contribution in [3.8, 4) is 16.9 Å². The number of aromatic amines is 1. The van der Waals surface area contributed by atoms with E-state index in [0.29, 0.717) is 34.8 Å². The van der Waals surface area contributed by atoms with E-state index in [0.717, 1.165) is 33.3 Å². The monoisotopic (exact) mass is 500 g/mol. The Morgan fingerprint density at radius 2 is 1.72 bits per heavy atom. The molecule has 36 heavy (non-hydrogen) atoms. The molecule has 182 valence electrons. The molecule has 2 heterocycles. The molecule has 0 saturated carbocycles. The van der Waals surface area contributed by atoms with E-state index in [9.17, 15) is 9.59 Å². The zero-order chi connectivity index (χ0) is 25.2. The minimum absolute atomic E-state index is 0.207. The molecule has 1 aliphatic heterocycles. The van der Waals surface area contributed by atoms with Crippen LogP contribution in [-0.2, 0) is 16.0 Å². The number of rotatable bonds is 5. The second-order valence-electron chi connectivity index (χ2n) is 8.49. The van der Waals surface area contributed by atoms with Gasteiger partial charge in [-0.3, -0.25) is 4.79 Å². The van der Waals surface area contributed by atoms with Gasteiger partial charge in [-0.15, -0.1) is 0 Å². The zero-order valence-electron chi connectivity index (χ0n) is 20.0. The summed E-state index contributed by atoms with van der Waals surface area (Å²) in [5, 5.41) is 1.56. The zero-order valence-corrected chi connectivity index (χ0v) is 20.8. The number of aromatic nitrogens is 1. The number of ether oxygens (including phenoxy) is 2. The summed E-state index contributed by atoms with van der Waals surface area (Å²) >= 11 is 5.99. The van der Waals surface area contributed by atoms with Gasteiger partial charge in [-0.2, -0.15) is 0 Å². The Balaban J connectivity index is 1.57. The van der Waals surface area contributed by atoms with E-state index < -0.39 is 5.97 Å². The highest BCUT2D eigenvalue weighted by atomic mass is 35.5. The number of carbonyl (C=O) groups is 2. The number of amides is 1. The first-order valence-electron chi connectivity index (χ1n) is 11.7. The summed E-state index contributed by atoms with van der Waals surface area (Å²) < 4.78 is 10.6. The lowest BCUT2D eigenvalue weighted by molar-refractivity contribution is -0.136. The summed E-state index contributed by atoms with van der Waals surface area (Å²) in [6.07, 6.45) is 2.17.